The van der Waals surface area contributed by atoms with Gasteiger partial charge in [-0.25, -0.2) is 4.98 Å². The van der Waals surface area contributed by atoms with Gasteiger partial charge in [0.1, 0.15) is 5.82 Å². The van der Waals surface area contributed by atoms with Crippen LogP contribution in [0.4, 0.5) is 0 Å². The molecular formula is C17H17BrN2. The summed E-state index contributed by atoms with van der Waals surface area (Å²) in [6.45, 7) is 3.08. The van der Waals surface area contributed by atoms with Crippen LogP contribution in [-0.4, -0.2) is 9.55 Å². The van der Waals surface area contributed by atoms with Crippen LogP contribution in [0.2, 0.25) is 0 Å². The second-order valence-corrected chi connectivity index (χ2v) is 5.90. The number of benzene rings is 2. The summed E-state index contributed by atoms with van der Waals surface area (Å²) in [6.07, 6.45) is 2.13. The predicted molar refractivity (Wildman–Crippen MR) is 87.0 cm³/mol. The SMILES string of the molecule is CCCc1nc2ccccc2n1Cc1ccc(Br)cc1. The molecule has 2 aromatic carbocycles. The zero-order chi connectivity index (χ0) is 13.9. The minimum absolute atomic E-state index is 0.878. The number of fused-ring (bicyclic) bond motifs is 1. The molecule has 3 rings (SSSR count). The molecule has 2 nitrogen and oxygen atoms in total. The first-order valence-corrected chi connectivity index (χ1v) is 7.76. The third kappa shape index (κ3) is 2.63. The van der Waals surface area contributed by atoms with Gasteiger partial charge in [0, 0.05) is 17.4 Å². The van der Waals surface area contributed by atoms with Gasteiger partial charge in [0.05, 0.1) is 11.0 Å². The first-order chi connectivity index (χ1) is 9.78. The zero-order valence-corrected chi connectivity index (χ0v) is 13.1. The normalized spacial score (nSPS) is 11.1. The third-order valence-electron chi connectivity index (χ3n) is 3.46. The van der Waals surface area contributed by atoms with Crippen LogP contribution >= 0.6 is 15.9 Å². The van der Waals surface area contributed by atoms with Gasteiger partial charge in [0.25, 0.3) is 0 Å². The summed E-state index contributed by atoms with van der Waals surface area (Å²) in [6, 6.07) is 16.9. The predicted octanol–water partition coefficient (Wildman–Crippen LogP) is 4.80. The lowest BCUT2D eigenvalue weighted by Gasteiger charge is -2.09. The molecule has 1 heterocycles. The maximum atomic E-state index is 4.77. The number of nitrogens with zero attached hydrogens (tertiary/aromatic N) is 2. The smallest absolute Gasteiger partial charge is 0.110 e. The van der Waals surface area contributed by atoms with Crippen LogP contribution in [0, 0.1) is 0 Å². The molecule has 0 radical (unpaired) electrons. The highest BCUT2D eigenvalue weighted by atomic mass is 79.9. The Balaban J connectivity index is 2.04. The van der Waals surface area contributed by atoms with Crippen LogP contribution < -0.4 is 0 Å². The number of imidazole rings is 1. The van der Waals surface area contributed by atoms with Crippen LogP contribution in [0.1, 0.15) is 24.7 Å². The van der Waals surface area contributed by atoms with Gasteiger partial charge < -0.3 is 4.57 Å². The number of aryl methyl sites for hydroxylation is 1. The fourth-order valence-corrected chi connectivity index (χ4v) is 2.75. The largest absolute Gasteiger partial charge is 0.323 e. The molecule has 102 valence electrons. The monoisotopic (exact) mass is 328 g/mol. The van der Waals surface area contributed by atoms with Crippen molar-refractivity contribution in [3.63, 3.8) is 0 Å². The summed E-state index contributed by atoms with van der Waals surface area (Å²) < 4.78 is 3.45. The Bertz CT molecular complexity index is 713. The molecule has 0 saturated carbocycles. The van der Waals surface area contributed by atoms with Crippen molar-refractivity contribution in [1.82, 2.24) is 9.55 Å². The molecule has 0 bridgehead atoms. The molecular weight excluding hydrogens is 312 g/mol. The Morgan fingerprint density at radius 1 is 1.05 bits per heavy atom. The van der Waals surface area contributed by atoms with E-state index in [0.717, 1.165) is 29.4 Å². The van der Waals surface area contributed by atoms with E-state index in [4.69, 9.17) is 4.98 Å². The van der Waals surface area contributed by atoms with Crippen LogP contribution in [0.15, 0.2) is 53.0 Å². The van der Waals surface area contributed by atoms with Gasteiger partial charge in [-0.3, -0.25) is 0 Å². The van der Waals surface area contributed by atoms with E-state index in [1.165, 1.54) is 16.9 Å². The molecule has 0 spiro atoms. The van der Waals surface area contributed by atoms with Gasteiger partial charge >= 0.3 is 0 Å². The molecule has 0 aliphatic heterocycles. The first-order valence-electron chi connectivity index (χ1n) is 6.96. The number of para-hydroxylation sites is 2. The van der Waals surface area contributed by atoms with E-state index < -0.39 is 0 Å². The number of hydrogen-bond donors (Lipinski definition) is 0. The highest BCUT2D eigenvalue weighted by molar-refractivity contribution is 9.10. The maximum absolute atomic E-state index is 4.77. The highest BCUT2D eigenvalue weighted by Gasteiger charge is 2.09. The maximum Gasteiger partial charge on any atom is 0.110 e. The summed E-state index contributed by atoms with van der Waals surface area (Å²) in [5.41, 5.74) is 3.61. The van der Waals surface area contributed by atoms with Gasteiger partial charge in [-0.1, -0.05) is 47.1 Å². The number of rotatable bonds is 4. The summed E-state index contributed by atoms with van der Waals surface area (Å²) in [5.74, 6) is 1.18. The van der Waals surface area contributed by atoms with Crippen molar-refractivity contribution in [2.75, 3.05) is 0 Å². The van der Waals surface area contributed by atoms with E-state index in [9.17, 15) is 0 Å². The van der Waals surface area contributed by atoms with Crippen molar-refractivity contribution in [3.05, 3.63) is 64.4 Å². The third-order valence-corrected chi connectivity index (χ3v) is 3.99. The summed E-state index contributed by atoms with van der Waals surface area (Å²) in [4.78, 5) is 4.77. The second-order valence-electron chi connectivity index (χ2n) is 4.98. The lowest BCUT2D eigenvalue weighted by atomic mass is 10.2. The molecule has 0 fully saturated rings. The van der Waals surface area contributed by atoms with Gasteiger partial charge in [-0.15, -0.1) is 0 Å². The van der Waals surface area contributed by atoms with Crippen molar-refractivity contribution >= 4 is 27.0 Å². The van der Waals surface area contributed by atoms with E-state index in [2.05, 4.69) is 76.0 Å². The molecule has 20 heavy (non-hydrogen) atoms. The molecule has 0 atom stereocenters. The fourth-order valence-electron chi connectivity index (χ4n) is 2.49. The molecule has 0 saturated heterocycles. The summed E-state index contributed by atoms with van der Waals surface area (Å²) >= 11 is 3.48. The lowest BCUT2D eigenvalue weighted by Crippen LogP contribution is -2.05. The molecule has 3 heteroatoms. The van der Waals surface area contributed by atoms with Crippen molar-refractivity contribution in [1.29, 1.82) is 0 Å². The lowest BCUT2D eigenvalue weighted by molar-refractivity contribution is 0.722. The van der Waals surface area contributed by atoms with E-state index in [1.54, 1.807) is 0 Å². The molecule has 0 N–H and O–H groups in total. The first kappa shape index (κ1) is 13.4. The van der Waals surface area contributed by atoms with E-state index in [0.29, 0.717) is 0 Å². The van der Waals surface area contributed by atoms with Crippen molar-refractivity contribution in [2.24, 2.45) is 0 Å². The Morgan fingerprint density at radius 3 is 2.55 bits per heavy atom. The molecule has 1 aromatic heterocycles. The molecule has 0 aliphatic carbocycles. The van der Waals surface area contributed by atoms with Crippen LogP contribution in [0.25, 0.3) is 11.0 Å². The average Bonchev–Trinajstić information content (AvgIpc) is 2.80. The Labute approximate surface area is 127 Å². The van der Waals surface area contributed by atoms with Crippen LogP contribution in [0.5, 0.6) is 0 Å². The van der Waals surface area contributed by atoms with E-state index in [1.807, 2.05) is 0 Å². The summed E-state index contributed by atoms with van der Waals surface area (Å²) in [5, 5.41) is 0. The molecule has 0 unspecified atom stereocenters. The van der Waals surface area contributed by atoms with Crippen molar-refractivity contribution in [3.8, 4) is 0 Å². The zero-order valence-electron chi connectivity index (χ0n) is 11.5. The van der Waals surface area contributed by atoms with E-state index >= 15 is 0 Å². The standard InChI is InChI=1S/C17H17BrN2/c1-2-5-17-19-15-6-3-4-7-16(15)20(17)12-13-8-10-14(18)11-9-13/h3-4,6-11H,2,5,12H2,1H3. The van der Waals surface area contributed by atoms with Gasteiger partial charge in [-0.05, 0) is 36.2 Å². The fraction of sp³-hybridized carbons (Fsp3) is 0.235. The quantitative estimate of drug-likeness (QED) is 0.672. The minimum Gasteiger partial charge on any atom is -0.323 e. The highest BCUT2D eigenvalue weighted by Crippen LogP contribution is 2.20. The van der Waals surface area contributed by atoms with Crippen molar-refractivity contribution in [2.45, 2.75) is 26.3 Å². The van der Waals surface area contributed by atoms with Gasteiger partial charge in [0.2, 0.25) is 0 Å². The van der Waals surface area contributed by atoms with Crippen LogP contribution in [0.3, 0.4) is 0 Å². The molecule has 3 aromatic rings. The Morgan fingerprint density at radius 2 is 1.80 bits per heavy atom. The molecule has 0 amide bonds. The van der Waals surface area contributed by atoms with E-state index in [-0.39, 0.29) is 0 Å². The second kappa shape index (κ2) is 5.80. The topological polar surface area (TPSA) is 17.8 Å². The van der Waals surface area contributed by atoms with Gasteiger partial charge in [0.15, 0.2) is 0 Å². The molecule has 0 aliphatic rings. The number of hydrogen-bond acceptors (Lipinski definition) is 1. The summed E-state index contributed by atoms with van der Waals surface area (Å²) in [7, 11) is 0. The Hall–Kier alpha value is -1.61. The van der Waals surface area contributed by atoms with Crippen LogP contribution in [-0.2, 0) is 13.0 Å². The Kier molecular flexibility index (Phi) is 3.88. The average molecular weight is 329 g/mol. The number of halogens is 1. The van der Waals surface area contributed by atoms with Crippen molar-refractivity contribution < 1.29 is 0 Å². The minimum atomic E-state index is 0.878. The number of aromatic nitrogens is 2. The van der Waals surface area contributed by atoms with Gasteiger partial charge in [-0.2, -0.15) is 0 Å².